The van der Waals surface area contributed by atoms with Crippen LogP contribution in [-0.2, 0) is 9.59 Å². The van der Waals surface area contributed by atoms with Gasteiger partial charge in [-0.2, -0.15) is 0 Å². The van der Waals surface area contributed by atoms with Gasteiger partial charge in [-0.25, -0.2) is 0 Å². The van der Waals surface area contributed by atoms with Crippen LogP contribution >= 0.6 is 0 Å². The van der Waals surface area contributed by atoms with Crippen LogP contribution in [0.2, 0.25) is 25.7 Å². The molecule has 2 nitrogen and oxygen atoms in total. The zero-order valence-electron chi connectivity index (χ0n) is 7.81. The Hall–Kier alpha value is -0.883. The quantitative estimate of drug-likeness (QED) is 0.286. The van der Waals surface area contributed by atoms with Crippen molar-refractivity contribution < 1.29 is 9.59 Å². The van der Waals surface area contributed by atoms with E-state index in [2.05, 4.69) is 19.6 Å². The molecule has 66 valence electrons. The van der Waals surface area contributed by atoms with E-state index in [4.69, 9.17) is 6.42 Å². The summed E-state index contributed by atoms with van der Waals surface area (Å²) in [6.45, 7) is 6.27. The van der Waals surface area contributed by atoms with Crippen molar-refractivity contribution in [3.8, 4) is 12.3 Å². The van der Waals surface area contributed by atoms with Crippen LogP contribution < -0.4 is 0 Å². The Morgan fingerprint density at radius 2 is 1.83 bits per heavy atom. The third-order valence-electron chi connectivity index (χ3n) is 1.25. The van der Waals surface area contributed by atoms with Gasteiger partial charge in [-0.15, -0.1) is 6.42 Å². The Labute approximate surface area is 74.4 Å². The van der Waals surface area contributed by atoms with E-state index in [1.807, 2.05) is 5.92 Å². The molecular formula is C9H14O2Si. The van der Waals surface area contributed by atoms with E-state index in [0.29, 0.717) is 6.04 Å². The van der Waals surface area contributed by atoms with Gasteiger partial charge in [0.05, 0.1) is 14.5 Å². The Balaban J connectivity index is 3.94. The van der Waals surface area contributed by atoms with Crippen LogP contribution in [0.15, 0.2) is 0 Å². The maximum Gasteiger partial charge on any atom is 0.212 e. The molecule has 0 N–H and O–H groups in total. The van der Waals surface area contributed by atoms with E-state index in [-0.39, 0.29) is 12.2 Å². The number of hydrogen-bond acceptors (Lipinski definition) is 2. The highest BCUT2D eigenvalue weighted by molar-refractivity contribution is 6.78. The molecule has 0 aliphatic carbocycles. The van der Waals surface area contributed by atoms with E-state index in [1.54, 1.807) is 0 Å². The van der Waals surface area contributed by atoms with Gasteiger partial charge in [-0.3, -0.25) is 9.59 Å². The van der Waals surface area contributed by atoms with Gasteiger partial charge in [0.25, 0.3) is 0 Å². The summed E-state index contributed by atoms with van der Waals surface area (Å²) >= 11 is 0. The lowest BCUT2D eigenvalue weighted by molar-refractivity contribution is -0.123. The van der Waals surface area contributed by atoms with Crippen LogP contribution in [0.4, 0.5) is 0 Å². The topological polar surface area (TPSA) is 34.1 Å². The molecule has 0 rings (SSSR count). The van der Waals surface area contributed by atoms with Gasteiger partial charge in [-0.05, 0) is 5.92 Å². The van der Waals surface area contributed by atoms with Gasteiger partial charge in [0.1, 0.15) is 5.78 Å². The van der Waals surface area contributed by atoms with Gasteiger partial charge in [-0.1, -0.05) is 19.6 Å². The average molecular weight is 182 g/mol. The van der Waals surface area contributed by atoms with Crippen LogP contribution in [0.3, 0.4) is 0 Å². The minimum absolute atomic E-state index is 0.0166. The first-order valence-electron chi connectivity index (χ1n) is 3.86. The van der Waals surface area contributed by atoms with Gasteiger partial charge >= 0.3 is 0 Å². The van der Waals surface area contributed by atoms with Crippen LogP contribution in [0.25, 0.3) is 0 Å². The molecule has 0 saturated carbocycles. The molecule has 0 fully saturated rings. The Bertz CT molecular complexity index is 230. The van der Waals surface area contributed by atoms with Crippen LogP contribution in [-0.4, -0.2) is 19.6 Å². The highest BCUT2D eigenvalue weighted by atomic mass is 28.3. The lowest BCUT2D eigenvalue weighted by atomic mass is 10.2. The van der Waals surface area contributed by atoms with Crippen molar-refractivity contribution in [2.75, 3.05) is 0 Å². The van der Waals surface area contributed by atoms with Gasteiger partial charge < -0.3 is 0 Å². The largest absolute Gasteiger partial charge is 0.300 e. The fourth-order valence-electron chi connectivity index (χ4n) is 0.884. The smallest absolute Gasteiger partial charge is 0.212 e. The maximum absolute atomic E-state index is 11.1. The lowest BCUT2D eigenvalue weighted by Crippen LogP contribution is -2.24. The third-order valence-corrected chi connectivity index (χ3v) is 2.70. The predicted octanol–water partition coefficient (Wildman–Crippen LogP) is 1.49. The minimum Gasteiger partial charge on any atom is -0.300 e. The molecule has 0 saturated heterocycles. The Kier molecular flexibility index (Phi) is 3.91. The third kappa shape index (κ3) is 5.87. The summed E-state index contributed by atoms with van der Waals surface area (Å²) in [5.74, 6) is 1.52. The molecule has 0 spiro atoms. The molecule has 0 atom stereocenters. The molecule has 3 heteroatoms. The van der Waals surface area contributed by atoms with Gasteiger partial charge in [0.2, 0.25) is 5.78 Å². The lowest BCUT2D eigenvalue weighted by Gasteiger charge is -2.13. The predicted molar refractivity (Wildman–Crippen MR) is 51.6 cm³/mol. The highest BCUT2D eigenvalue weighted by Gasteiger charge is 2.19. The molecule has 0 amide bonds. The molecule has 12 heavy (non-hydrogen) atoms. The molecule has 0 aliphatic heterocycles. The zero-order valence-corrected chi connectivity index (χ0v) is 8.81. The SMILES string of the molecule is C#CC(=O)CC(=O)C[Si](C)(C)C. The average Bonchev–Trinajstić information content (AvgIpc) is 1.82. The van der Waals surface area contributed by atoms with E-state index >= 15 is 0 Å². The minimum atomic E-state index is -1.37. The summed E-state index contributed by atoms with van der Waals surface area (Å²) in [7, 11) is -1.37. The molecule has 0 aliphatic rings. The Morgan fingerprint density at radius 3 is 2.17 bits per heavy atom. The molecule has 0 aromatic rings. The summed E-state index contributed by atoms with van der Waals surface area (Å²) in [5.41, 5.74) is 0. The summed E-state index contributed by atoms with van der Waals surface area (Å²) < 4.78 is 0. The maximum atomic E-state index is 11.1. The van der Waals surface area contributed by atoms with E-state index in [9.17, 15) is 9.59 Å². The molecule has 0 aromatic heterocycles. The van der Waals surface area contributed by atoms with Crippen molar-refractivity contribution in [2.45, 2.75) is 32.1 Å². The monoisotopic (exact) mass is 182 g/mol. The molecule has 0 radical (unpaired) electrons. The fraction of sp³-hybridized carbons (Fsp3) is 0.556. The van der Waals surface area contributed by atoms with Crippen LogP contribution in [0, 0.1) is 12.3 Å². The fourth-order valence-corrected chi connectivity index (χ4v) is 2.19. The first-order valence-corrected chi connectivity index (χ1v) is 7.57. The molecule has 0 heterocycles. The van der Waals surface area contributed by atoms with Crippen molar-refractivity contribution in [1.29, 1.82) is 0 Å². The number of Topliss-reactive ketones (excluding diaryl/α,β-unsaturated/α-hetero) is 2. The van der Waals surface area contributed by atoms with Crippen LogP contribution in [0.5, 0.6) is 0 Å². The Morgan fingerprint density at radius 1 is 1.33 bits per heavy atom. The summed E-state index contributed by atoms with van der Waals surface area (Å²) in [5, 5.41) is 0. The number of terminal acetylenes is 1. The summed E-state index contributed by atoms with van der Waals surface area (Å²) in [6.07, 6.45) is 4.76. The molecule has 0 unspecified atom stereocenters. The molecule has 0 bridgehead atoms. The highest BCUT2D eigenvalue weighted by Crippen LogP contribution is 2.09. The first-order chi connectivity index (χ1) is 5.35. The number of carbonyl (C=O) groups is 2. The van der Waals surface area contributed by atoms with Crippen molar-refractivity contribution in [3.05, 3.63) is 0 Å². The molecule has 0 aromatic carbocycles. The number of carbonyl (C=O) groups excluding carboxylic acids is 2. The first kappa shape index (κ1) is 11.1. The van der Waals surface area contributed by atoms with Crippen molar-refractivity contribution in [3.63, 3.8) is 0 Å². The van der Waals surface area contributed by atoms with Crippen molar-refractivity contribution in [1.82, 2.24) is 0 Å². The summed E-state index contributed by atoms with van der Waals surface area (Å²) in [4.78, 5) is 21.8. The van der Waals surface area contributed by atoms with Crippen molar-refractivity contribution >= 4 is 19.6 Å². The second-order valence-corrected chi connectivity index (χ2v) is 9.50. The second-order valence-electron chi connectivity index (χ2n) is 4.02. The van der Waals surface area contributed by atoms with Crippen molar-refractivity contribution in [2.24, 2.45) is 0 Å². The van der Waals surface area contributed by atoms with E-state index in [1.165, 1.54) is 0 Å². The molecular weight excluding hydrogens is 168 g/mol. The van der Waals surface area contributed by atoms with E-state index in [0.717, 1.165) is 0 Å². The normalized spacial score (nSPS) is 10.5. The van der Waals surface area contributed by atoms with E-state index < -0.39 is 13.9 Å². The zero-order chi connectivity index (χ0) is 9.78. The summed E-state index contributed by atoms with van der Waals surface area (Å²) in [6, 6.07) is 0.542. The van der Waals surface area contributed by atoms with Gasteiger partial charge in [0.15, 0.2) is 0 Å². The number of rotatable bonds is 4. The van der Waals surface area contributed by atoms with Gasteiger partial charge in [0, 0.05) is 6.04 Å². The number of hydrogen-bond donors (Lipinski definition) is 0. The second kappa shape index (κ2) is 4.22. The standard InChI is InChI=1S/C9H14O2Si/c1-5-8(10)6-9(11)7-12(2,3)4/h1H,6-7H2,2-4H3. The number of ketones is 2. The van der Waals surface area contributed by atoms with Crippen LogP contribution in [0.1, 0.15) is 6.42 Å².